The molecule has 0 aromatic rings. The van der Waals surface area contributed by atoms with Crippen molar-refractivity contribution in [3.63, 3.8) is 0 Å². The minimum Gasteiger partial charge on any atom is -0.0604 e. The number of hydrogen-bond donors (Lipinski definition) is 0. The maximum atomic E-state index is 2.49. The monoisotopic (exact) mass is 283 g/mol. The van der Waals surface area contributed by atoms with Gasteiger partial charge in [-0.3, -0.25) is 0 Å². The summed E-state index contributed by atoms with van der Waals surface area (Å²) < 4.78 is 0. The lowest BCUT2D eigenvalue weighted by Gasteiger charge is -2.31. The topological polar surface area (TPSA) is 0 Å². The maximum Gasteiger partial charge on any atom is 0.0140 e. The molecule has 2 aliphatic rings. The lowest BCUT2D eigenvalue weighted by molar-refractivity contribution is 0.524. The number of allylic oxidation sites excluding steroid dienone is 8. The second-order valence-corrected chi connectivity index (χ2v) is 7.97. The normalized spacial score (nSPS) is 24.9. The van der Waals surface area contributed by atoms with E-state index in [0.717, 1.165) is 0 Å². The molecule has 0 fully saturated rings. The van der Waals surface area contributed by atoms with E-state index in [1.165, 1.54) is 44.6 Å². The molecule has 0 aromatic carbocycles. The molecule has 0 unspecified atom stereocenters. The summed E-state index contributed by atoms with van der Waals surface area (Å²) in [6, 6.07) is 0. The zero-order chi connectivity index (χ0) is 16.3. The highest BCUT2D eigenvalue weighted by Crippen LogP contribution is 2.53. The first-order valence-electron chi connectivity index (χ1n) is 8.08. The van der Waals surface area contributed by atoms with Gasteiger partial charge in [0.05, 0.1) is 0 Å². The summed E-state index contributed by atoms with van der Waals surface area (Å²) in [5, 5.41) is 0. The van der Waals surface area contributed by atoms with Gasteiger partial charge in [-0.15, -0.1) is 0 Å². The molecule has 115 valence electrons. The Balaban J connectivity index is 2.47. The van der Waals surface area contributed by atoms with Crippen molar-refractivity contribution >= 4 is 0 Å². The lowest BCUT2D eigenvalue weighted by atomic mass is 9.72. The highest BCUT2D eigenvalue weighted by Gasteiger charge is 2.40. The third-order valence-corrected chi connectivity index (χ3v) is 6.57. The van der Waals surface area contributed by atoms with Crippen molar-refractivity contribution in [1.82, 2.24) is 0 Å². The Hall–Kier alpha value is -1.04. The van der Waals surface area contributed by atoms with E-state index in [1.54, 1.807) is 0 Å². The Kier molecular flexibility index (Phi) is 3.68. The van der Waals surface area contributed by atoms with Crippen LogP contribution in [0.1, 0.15) is 69.2 Å². The van der Waals surface area contributed by atoms with Crippen LogP contribution >= 0.6 is 0 Å². The van der Waals surface area contributed by atoms with Gasteiger partial charge in [0.1, 0.15) is 0 Å². The van der Waals surface area contributed by atoms with Gasteiger partial charge >= 0.3 is 0 Å². The number of hydrogen-bond acceptors (Lipinski definition) is 0. The maximum absolute atomic E-state index is 2.49. The first kappa shape index (κ1) is 16.3. The van der Waals surface area contributed by atoms with Crippen molar-refractivity contribution in [2.75, 3.05) is 0 Å². The van der Waals surface area contributed by atoms with E-state index in [0.29, 0.717) is 0 Å². The SMILES string of the molecule is CC1=C(C)C(C)(C)C([CH]C2=C(C)C(C)=C(C)C2(C)C)=C1C. The average molecular weight is 283 g/mol. The van der Waals surface area contributed by atoms with Crippen LogP contribution in [0.25, 0.3) is 0 Å². The van der Waals surface area contributed by atoms with Gasteiger partial charge in [0.25, 0.3) is 0 Å². The van der Waals surface area contributed by atoms with Crippen LogP contribution in [0.3, 0.4) is 0 Å². The van der Waals surface area contributed by atoms with Crippen molar-refractivity contribution < 1.29 is 0 Å². The van der Waals surface area contributed by atoms with Gasteiger partial charge in [-0.1, -0.05) is 38.8 Å². The molecule has 21 heavy (non-hydrogen) atoms. The summed E-state index contributed by atoms with van der Waals surface area (Å²) in [5.41, 5.74) is 12.2. The Labute approximate surface area is 131 Å². The van der Waals surface area contributed by atoms with E-state index in [-0.39, 0.29) is 10.8 Å². The van der Waals surface area contributed by atoms with Crippen molar-refractivity contribution in [2.45, 2.75) is 69.2 Å². The number of rotatable bonds is 2. The molecule has 2 aliphatic carbocycles. The zero-order valence-corrected chi connectivity index (χ0v) is 15.6. The van der Waals surface area contributed by atoms with Gasteiger partial charge in [0, 0.05) is 17.3 Å². The van der Waals surface area contributed by atoms with E-state index in [2.05, 4.69) is 75.7 Å². The first-order chi connectivity index (χ1) is 9.44. The summed E-state index contributed by atoms with van der Waals surface area (Å²) in [6.07, 6.45) is 2.49. The van der Waals surface area contributed by atoms with Crippen molar-refractivity contribution in [3.05, 3.63) is 51.0 Å². The molecular formula is C21H31. The molecule has 0 spiro atoms. The summed E-state index contributed by atoms with van der Waals surface area (Å²) in [7, 11) is 0. The predicted octanol–water partition coefficient (Wildman–Crippen LogP) is 6.58. The molecule has 0 heterocycles. The van der Waals surface area contributed by atoms with Crippen LogP contribution in [0, 0.1) is 17.3 Å². The molecule has 0 heteroatoms. The third kappa shape index (κ3) is 2.10. The highest BCUT2D eigenvalue weighted by molar-refractivity contribution is 5.61. The first-order valence-corrected chi connectivity index (χ1v) is 8.08. The largest absolute Gasteiger partial charge is 0.0604 e. The molecule has 0 atom stereocenters. The van der Waals surface area contributed by atoms with E-state index < -0.39 is 0 Å². The quantitative estimate of drug-likeness (QED) is 0.537. The smallest absolute Gasteiger partial charge is 0.0140 e. The lowest BCUT2D eigenvalue weighted by Crippen LogP contribution is -2.20. The molecule has 0 bridgehead atoms. The van der Waals surface area contributed by atoms with Gasteiger partial charge in [0.15, 0.2) is 0 Å². The molecule has 0 N–H and O–H groups in total. The molecule has 0 saturated heterocycles. The van der Waals surface area contributed by atoms with Gasteiger partial charge in [-0.25, -0.2) is 0 Å². The molecule has 2 rings (SSSR count). The summed E-state index contributed by atoms with van der Waals surface area (Å²) in [5.74, 6) is 0. The van der Waals surface area contributed by atoms with E-state index in [1.807, 2.05) is 0 Å². The van der Waals surface area contributed by atoms with E-state index >= 15 is 0 Å². The average Bonchev–Trinajstić information content (AvgIpc) is 2.63. The van der Waals surface area contributed by atoms with Crippen molar-refractivity contribution in [2.24, 2.45) is 10.8 Å². The minimum absolute atomic E-state index is 0.155. The molecule has 0 aliphatic heterocycles. The van der Waals surface area contributed by atoms with Gasteiger partial charge < -0.3 is 0 Å². The second kappa shape index (κ2) is 4.73. The molecule has 0 saturated carbocycles. The molecule has 0 aromatic heterocycles. The fourth-order valence-electron chi connectivity index (χ4n) is 3.97. The van der Waals surface area contributed by atoms with Gasteiger partial charge in [-0.05, 0) is 75.0 Å². The Morgan fingerprint density at radius 3 is 1.00 bits per heavy atom. The van der Waals surface area contributed by atoms with E-state index in [9.17, 15) is 0 Å². The van der Waals surface area contributed by atoms with Crippen LogP contribution in [-0.4, -0.2) is 0 Å². The van der Waals surface area contributed by atoms with Crippen LogP contribution in [0.15, 0.2) is 44.6 Å². The van der Waals surface area contributed by atoms with Crippen LogP contribution in [-0.2, 0) is 0 Å². The molecule has 1 radical (unpaired) electrons. The van der Waals surface area contributed by atoms with Crippen LogP contribution in [0.2, 0.25) is 0 Å². The Morgan fingerprint density at radius 1 is 0.524 bits per heavy atom. The third-order valence-electron chi connectivity index (χ3n) is 6.57. The summed E-state index contributed by atoms with van der Waals surface area (Å²) in [6.45, 7) is 23.1. The highest BCUT2D eigenvalue weighted by atomic mass is 14.4. The van der Waals surface area contributed by atoms with Crippen molar-refractivity contribution in [1.29, 1.82) is 0 Å². The van der Waals surface area contributed by atoms with Crippen LogP contribution in [0.4, 0.5) is 0 Å². The zero-order valence-electron chi connectivity index (χ0n) is 15.6. The fourth-order valence-corrected chi connectivity index (χ4v) is 3.97. The second-order valence-electron chi connectivity index (χ2n) is 7.97. The van der Waals surface area contributed by atoms with Gasteiger partial charge in [-0.2, -0.15) is 0 Å². The van der Waals surface area contributed by atoms with Crippen LogP contribution < -0.4 is 0 Å². The standard InChI is InChI=1S/C21H31/c1-12-14(3)18(20(7,8)16(12)5)11-19-15(4)13(2)17(6)21(19,9)10/h11H,1-10H3. The summed E-state index contributed by atoms with van der Waals surface area (Å²) >= 11 is 0. The van der Waals surface area contributed by atoms with Crippen LogP contribution in [0.5, 0.6) is 0 Å². The summed E-state index contributed by atoms with van der Waals surface area (Å²) in [4.78, 5) is 0. The van der Waals surface area contributed by atoms with Crippen molar-refractivity contribution in [3.8, 4) is 0 Å². The predicted molar refractivity (Wildman–Crippen MR) is 94.0 cm³/mol. The van der Waals surface area contributed by atoms with E-state index in [4.69, 9.17) is 0 Å². The fraction of sp³-hybridized carbons (Fsp3) is 0.571. The molecular weight excluding hydrogens is 252 g/mol. The molecule has 0 amide bonds. The Morgan fingerprint density at radius 2 is 0.810 bits per heavy atom. The minimum atomic E-state index is 0.155. The van der Waals surface area contributed by atoms with Gasteiger partial charge in [0.2, 0.25) is 0 Å². The molecule has 0 nitrogen and oxygen atoms in total. The Bertz CT molecular complexity index is 569.